The molecule has 1 amide bonds. The number of benzene rings is 1. The molecule has 1 saturated heterocycles. The SMILES string of the molecule is COc1ccc(C(=O)N2CCCC2C(C)C)c(O)c1. The Morgan fingerprint density at radius 2 is 2.21 bits per heavy atom. The Morgan fingerprint density at radius 1 is 1.47 bits per heavy atom. The van der Waals surface area contributed by atoms with Crippen LogP contribution in [0.3, 0.4) is 0 Å². The second-order valence-corrected chi connectivity index (χ2v) is 5.34. The van der Waals surface area contributed by atoms with Crippen LogP contribution in [0, 0.1) is 5.92 Å². The summed E-state index contributed by atoms with van der Waals surface area (Å²) in [5, 5.41) is 9.95. The van der Waals surface area contributed by atoms with Crippen LogP contribution in [0.2, 0.25) is 0 Å². The number of likely N-dealkylation sites (tertiary alicyclic amines) is 1. The molecular formula is C15H21NO3. The maximum atomic E-state index is 12.5. The van der Waals surface area contributed by atoms with Gasteiger partial charge in [0.25, 0.3) is 5.91 Å². The molecular weight excluding hydrogens is 242 g/mol. The van der Waals surface area contributed by atoms with Crippen molar-refractivity contribution in [1.82, 2.24) is 4.90 Å². The molecule has 4 nitrogen and oxygen atoms in total. The number of phenolic OH excluding ortho intramolecular Hbond substituents is 1. The third-order valence-corrected chi connectivity index (χ3v) is 3.76. The molecule has 0 aromatic heterocycles. The molecule has 0 saturated carbocycles. The summed E-state index contributed by atoms with van der Waals surface area (Å²) in [5.41, 5.74) is 0.355. The molecule has 104 valence electrons. The van der Waals surface area contributed by atoms with Gasteiger partial charge in [-0.15, -0.1) is 0 Å². The van der Waals surface area contributed by atoms with Gasteiger partial charge in [-0.25, -0.2) is 0 Å². The Hall–Kier alpha value is -1.71. The van der Waals surface area contributed by atoms with Crippen molar-refractivity contribution in [1.29, 1.82) is 0 Å². The van der Waals surface area contributed by atoms with Gasteiger partial charge in [0.2, 0.25) is 0 Å². The summed E-state index contributed by atoms with van der Waals surface area (Å²) in [4.78, 5) is 14.4. The molecule has 1 heterocycles. The lowest BCUT2D eigenvalue weighted by Crippen LogP contribution is -2.38. The average Bonchev–Trinajstić information content (AvgIpc) is 2.87. The van der Waals surface area contributed by atoms with Gasteiger partial charge in [-0.2, -0.15) is 0 Å². The highest BCUT2D eigenvalue weighted by molar-refractivity contribution is 5.97. The fraction of sp³-hybridized carbons (Fsp3) is 0.533. The second-order valence-electron chi connectivity index (χ2n) is 5.34. The lowest BCUT2D eigenvalue weighted by atomic mass is 10.0. The van der Waals surface area contributed by atoms with Gasteiger partial charge in [0, 0.05) is 18.7 Å². The van der Waals surface area contributed by atoms with Crippen LogP contribution in [0.1, 0.15) is 37.0 Å². The van der Waals surface area contributed by atoms with Crippen molar-refractivity contribution in [3.8, 4) is 11.5 Å². The third kappa shape index (κ3) is 2.67. The van der Waals surface area contributed by atoms with Crippen molar-refractivity contribution in [2.24, 2.45) is 5.92 Å². The average molecular weight is 263 g/mol. The predicted octanol–water partition coefficient (Wildman–Crippen LogP) is 2.66. The molecule has 1 aliphatic heterocycles. The number of hydrogen-bond acceptors (Lipinski definition) is 3. The first kappa shape index (κ1) is 13.7. The fourth-order valence-corrected chi connectivity index (χ4v) is 2.71. The molecule has 0 aliphatic carbocycles. The zero-order valence-electron chi connectivity index (χ0n) is 11.7. The van der Waals surface area contributed by atoms with E-state index in [2.05, 4.69) is 13.8 Å². The number of carbonyl (C=O) groups excluding carboxylic acids is 1. The Kier molecular flexibility index (Phi) is 3.98. The summed E-state index contributed by atoms with van der Waals surface area (Å²) >= 11 is 0. The van der Waals surface area contributed by atoms with Crippen LogP contribution in [0.15, 0.2) is 18.2 Å². The first-order chi connectivity index (χ1) is 9.04. The summed E-state index contributed by atoms with van der Waals surface area (Å²) in [6.45, 7) is 5.03. The van der Waals surface area contributed by atoms with E-state index in [1.165, 1.54) is 13.2 Å². The van der Waals surface area contributed by atoms with Crippen molar-refractivity contribution >= 4 is 5.91 Å². The lowest BCUT2D eigenvalue weighted by Gasteiger charge is -2.28. The van der Waals surface area contributed by atoms with Crippen LogP contribution in [-0.4, -0.2) is 35.6 Å². The van der Waals surface area contributed by atoms with Crippen LogP contribution in [0.5, 0.6) is 11.5 Å². The minimum Gasteiger partial charge on any atom is -0.507 e. The summed E-state index contributed by atoms with van der Waals surface area (Å²) in [6.07, 6.45) is 2.08. The van der Waals surface area contributed by atoms with Crippen molar-refractivity contribution in [2.75, 3.05) is 13.7 Å². The first-order valence-corrected chi connectivity index (χ1v) is 6.72. The van der Waals surface area contributed by atoms with Crippen LogP contribution < -0.4 is 4.74 Å². The zero-order valence-corrected chi connectivity index (χ0v) is 11.7. The molecule has 0 bridgehead atoms. The molecule has 4 heteroatoms. The van der Waals surface area contributed by atoms with Crippen molar-refractivity contribution < 1.29 is 14.6 Å². The third-order valence-electron chi connectivity index (χ3n) is 3.76. The van der Waals surface area contributed by atoms with E-state index in [0.29, 0.717) is 17.2 Å². The molecule has 0 spiro atoms. The predicted molar refractivity (Wildman–Crippen MR) is 73.6 cm³/mol. The van der Waals surface area contributed by atoms with Gasteiger partial charge >= 0.3 is 0 Å². The highest BCUT2D eigenvalue weighted by Crippen LogP contribution is 2.29. The monoisotopic (exact) mass is 263 g/mol. The molecule has 0 radical (unpaired) electrons. The summed E-state index contributed by atoms with van der Waals surface area (Å²) in [6, 6.07) is 5.09. The zero-order chi connectivity index (χ0) is 14.0. The van der Waals surface area contributed by atoms with Crippen molar-refractivity contribution in [2.45, 2.75) is 32.7 Å². The molecule has 1 fully saturated rings. The molecule has 1 aliphatic rings. The molecule has 2 rings (SSSR count). The number of carbonyl (C=O) groups is 1. The number of nitrogens with zero attached hydrogens (tertiary/aromatic N) is 1. The summed E-state index contributed by atoms with van der Waals surface area (Å²) in [5.74, 6) is 0.887. The summed E-state index contributed by atoms with van der Waals surface area (Å²) < 4.78 is 5.03. The van der Waals surface area contributed by atoms with Crippen LogP contribution >= 0.6 is 0 Å². The van der Waals surface area contributed by atoms with E-state index in [1.54, 1.807) is 12.1 Å². The number of methoxy groups -OCH3 is 1. The van der Waals surface area contributed by atoms with Gasteiger partial charge in [0.15, 0.2) is 0 Å². The smallest absolute Gasteiger partial charge is 0.257 e. The Bertz CT molecular complexity index is 470. The topological polar surface area (TPSA) is 49.8 Å². The van der Waals surface area contributed by atoms with Gasteiger partial charge in [-0.05, 0) is 30.9 Å². The van der Waals surface area contributed by atoms with E-state index < -0.39 is 0 Å². The molecule has 1 N–H and O–H groups in total. The number of phenols is 1. The first-order valence-electron chi connectivity index (χ1n) is 6.72. The fourth-order valence-electron chi connectivity index (χ4n) is 2.71. The molecule has 1 atom stereocenters. The molecule has 1 aromatic carbocycles. The Balaban J connectivity index is 2.24. The maximum absolute atomic E-state index is 12.5. The minimum atomic E-state index is -0.0867. The quantitative estimate of drug-likeness (QED) is 0.912. The minimum absolute atomic E-state index is 0.0150. The van der Waals surface area contributed by atoms with E-state index in [1.807, 2.05) is 4.90 Å². The van der Waals surface area contributed by atoms with Gasteiger partial charge in [-0.3, -0.25) is 4.79 Å². The van der Waals surface area contributed by atoms with Gasteiger partial charge < -0.3 is 14.7 Å². The van der Waals surface area contributed by atoms with Crippen LogP contribution in [0.25, 0.3) is 0 Å². The van der Waals surface area contributed by atoms with E-state index in [0.717, 1.165) is 19.4 Å². The van der Waals surface area contributed by atoms with Crippen LogP contribution in [0.4, 0.5) is 0 Å². The van der Waals surface area contributed by atoms with E-state index in [4.69, 9.17) is 4.74 Å². The summed E-state index contributed by atoms with van der Waals surface area (Å²) in [7, 11) is 1.53. The van der Waals surface area contributed by atoms with E-state index in [9.17, 15) is 9.90 Å². The highest BCUT2D eigenvalue weighted by Gasteiger charge is 2.32. The normalized spacial score (nSPS) is 18.9. The molecule has 19 heavy (non-hydrogen) atoms. The Morgan fingerprint density at radius 3 is 2.79 bits per heavy atom. The van der Waals surface area contributed by atoms with Gasteiger partial charge in [0.1, 0.15) is 11.5 Å². The maximum Gasteiger partial charge on any atom is 0.257 e. The molecule has 1 aromatic rings. The number of aromatic hydroxyl groups is 1. The largest absolute Gasteiger partial charge is 0.507 e. The van der Waals surface area contributed by atoms with E-state index >= 15 is 0 Å². The Labute approximate surface area is 114 Å². The van der Waals surface area contributed by atoms with Gasteiger partial charge in [0.05, 0.1) is 12.7 Å². The van der Waals surface area contributed by atoms with Crippen molar-refractivity contribution in [3.05, 3.63) is 23.8 Å². The molecule has 1 unspecified atom stereocenters. The standard InChI is InChI=1S/C15H21NO3/c1-10(2)13-5-4-8-16(13)15(18)12-7-6-11(19-3)9-14(12)17/h6-7,9-10,13,17H,4-5,8H2,1-3H3. The van der Waals surface area contributed by atoms with E-state index in [-0.39, 0.29) is 17.7 Å². The second kappa shape index (κ2) is 5.51. The number of hydrogen-bond donors (Lipinski definition) is 1. The lowest BCUT2D eigenvalue weighted by molar-refractivity contribution is 0.0698. The number of amides is 1. The highest BCUT2D eigenvalue weighted by atomic mass is 16.5. The number of ether oxygens (including phenoxy) is 1. The van der Waals surface area contributed by atoms with Crippen LogP contribution in [-0.2, 0) is 0 Å². The van der Waals surface area contributed by atoms with Gasteiger partial charge in [-0.1, -0.05) is 13.8 Å². The van der Waals surface area contributed by atoms with Crippen molar-refractivity contribution in [3.63, 3.8) is 0 Å². The number of rotatable bonds is 3.